The van der Waals surface area contributed by atoms with E-state index in [9.17, 15) is 68.4 Å². The zero-order chi connectivity index (χ0) is 61.4. The molecule has 29 heteroatoms. The Hall–Kier alpha value is -7.73. The average Bonchev–Trinajstić information content (AvgIpc) is 3.41. The van der Waals surface area contributed by atoms with Gasteiger partial charge in [0.05, 0.1) is 38.0 Å². The SMILES string of the molecule is CC(C)C[C@@H]1NC(=O)[C@H]([C@H](O)C(C)C)NC(=O)[C@@H](NC(=O)OCc2ccccc2)[C@@H](c2ccccc2)NC(=O)C(CO)NC(=O)[C@H](CO)NC(=O)CNC(=O)[C@H]([C@H](C)O)NC(=O)[C@H](C[Si](C)(C)C)NC(=O)[C@@H](CCCN=C(N)N)NC1=O. The number of rotatable bonds is 17. The van der Waals surface area contributed by atoms with Gasteiger partial charge in [0.25, 0.3) is 0 Å². The molecule has 0 radical (unpaired) electrons. The Balaban J connectivity index is 2.29. The largest absolute Gasteiger partial charge is 0.445 e. The topological polar surface area (TPSA) is 446 Å². The summed E-state index contributed by atoms with van der Waals surface area (Å²) in [6.45, 7) is 9.97. The lowest BCUT2D eigenvalue weighted by Gasteiger charge is -2.33. The van der Waals surface area contributed by atoms with Crippen molar-refractivity contribution >= 4 is 73.3 Å². The number of hydrogen-bond acceptors (Lipinski definition) is 16. The lowest BCUT2D eigenvalue weighted by Crippen LogP contribution is -2.64. The first-order chi connectivity index (χ1) is 38.5. The standard InChI is InChI=1S/C53H83N13O15Si/c1-28(2)22-34-45(73)59-33(20-15-21-56-52(54)55)44(72)62-37(27-82(6,7)8)48(76)63-39(30(5)69)49(77)57-23-38(70)58-35(24-67)46(74)61-36(25-68)47(75)64-40(32-18-13-10-14-19-32)41(66-53(80)81-26-31-16-11-9-12-17-31)50(78)65-42(51(79)60-34)43(71)29(3)4/h9-14,16-19,28-30,33-37,39-43,67-69,71H,15,20-27H2,1-8H3,(H,57,77)(H,58,70)(H,59,73)(H,60,79)(H,61,74)(H,62,72)(H,63,76)(H,64,75)(H,65,78)(H,66,80)(H4,54,55,56)/t30-,33+,34-,35-,36?,37-,39-,40+,41-,42-,43+/m0/s1. The molecule has 0 aromatic heterocycles. The Morgan fingerprint density at radius 3 is 1.72 bits per heavy atom. The molecule has 1 aliphatic heterocycles. The van der Waals surface area contributed by atoms with Crippen molar-refractivity contribution in [1.29, 1.82) is 0 Å². The van der Waals surface area contributed by atoms with Gasteiger partial charge in [-0.3, -0.25) is 48.1 Å². The summed E-state index contributed by atoms with van der Waals surface area (Å²) in [6, 6.07) is 0.752. The second-order valence-electron chi connectivity index (χ2n) is 21.8. The van der Waals surface area contributed by atoms with Crippen molar-refractivity contribution in [3.8, 4) is 0 Å². The monoisotopic (exact) mass is 1170 g/mol. The Labute approximate surface area is 477 Å². The van der Waals surface area contributed by atoms with Gasteiger partial charge in [-0.25, -0.2) is 4.79 Å². The number of alkyl carbamates (subject to hydrolysis) is 1. The average molecular weight is 1170 g/mol. The lowest BCUT2D eigenvalue weighted by molar-refractivity contribution is -0.138. The van der Waals surface area contributed by atoms with Crippen molar-refractivity contribution in [3.63, 3.8) is 0 Å². The third kappa shape index (κ3) is 23.0. The molecular weight excluding hydrogens is 1090 g/mol. The summed E-state index contributed by atoms with van der Waals surface area (Å²) >= 11 is 0. The minimum Gasteiger partial charge on any atom is -0.445 e. The number of nitrogens with zero attached hydrogens (tertiary/aromatic N) is 1. The number of nitrogens with two attached hydrogens (primary N) is 2. The molecule has 10 amide bonds. The number of aliphatic hydroxyl groups is 4. The predicted octanol–water partition coefficient (Wildman–Crippen LogP) is -3.52. The van der Waals surface area contributed by atoms with Gasteiger partial charge in [0.2, 0.25) is 53.2 Å². The highest BCUT2D eigenvalue weighted by Crippen LogP contribution is 2.21. The van der Waals surface area contributed by atoms with Crippen LogP contribution in [0.15, 0.2) is 65.7 Å². The highest BCUT2D eigenvalue weighted by atomic mass is 28.3. The van der Waals surface area contributed by atoms with E-state index in [4.69, 9.17) is 16.2 Å². The van der Waals surface area contributed by atoms with Gasteiger partial charge in [-0.15, -0.1) is 0 Å². The third-order valence-corrected chi connectivity index (χ3v) is 14.3. The summed E-state index contributed by atoms with van der Waals surface area (Å²) in [5, 5.41) is 67.6. The molecule has 1 heterocycles. The van der Waals surface area contributed by atoms with Gasteiger partial charge in [0, 0.05) is 14.6 Å². The van der Waals surface area contributed by atoms with Crippen molar-refractivity contribution in [3.05, 3.63) is 71.8 Å². The Morgan fingerprint density at radius 1 is 0.646 bits per heavy atom. The molecule has 0 saturated carbocycles. The fourth-order valence-corrected chi connectivity index (χ4v) is 9.86. The van der Waals surface area contributed by atoms with Crippen LogP contribution in [-0.2, 0) is 54.5 Å². The van der Waals surface area contributed by atoms with Crippen molar-refractivity contribution in [1.82, 2.24) is 53.2 Å². The van der Waals surface area contributed by atoms with Crippen LogP contribution in [0.5, 0.6) is 0 Å². The predicted molar refractivity (Wildman–Crippen MR) is 302 cm³/mol. The fourth-order valence-electron chi connectivity index (χ4n) is 8.34. The molecule has 2 aromatic carbocycles. The number of aliphatic hydroxyl groups excluding tert-OH is 4. The molecule has 1 fully saturated rings. The molecule has 1 aliphatic rings. The minimum absolute atomic E-state index is 0.00406. The number of hydrogen-bond donors (Lipinski definition) is 16. The van der Waals surface area contributed by atoms with E-state index in [0.717, 1.165) is 0 Å². The Kier molecular flexibility index (Phi) is 27.8. The van der Waals surface area contributed by atoms with Crippen molar-refractivity contribution in [2.45, 2.75) is 153 Å². The number of nitrogens with one attached hydrogen (secondary N) is 10. The van der Waals surface area contributed by atoms with Crippen molar-refractivity contribution in [2.24, 2.45) is 28.3 Å². The van der Waals surface area contributed by atoms with E-state index in [0.29, 0.717) is 5.56 Å². The number of benzene rings is 2. The zero-order valence-electron chi connectivity index (χ0n) is 47.5. The summed E-state index contributed by atoms with van der Waals surface area (Å²) in [6.07, 6.45) is -4.63. The van der Waals surface area contributed by atoms with Gasteiger partial charge in [0.1, 0.15) is 54.9 Å². The first-order valence-corrected chi connectivity index (χ1v) is 30.6. The van der Waals surface area contributed by atoms with Crippen molar-refractivity contribution in [2.75, 3.05) is 26.3 Å². The van der Waals surface area contributed by atoms with E-state index in [1.165, 1.54) is 45.0 Å². The highest BCUT2D eigenvalue weighted by Gasteiger charge is 2.41. The van der Waals surface area contributed by atoms with Crippen LogP contribution in [-0.4, -0.2) is 181 Å². The van der Waals surface area contributed by atoms with E-state index < -0.39 is 160 Å². The van der Waals surface area contributed by atoms with Gasteiger partial charge < -0.3 is 89.8 Å². The van der Waals surface area contributed by atoms with E-state index >= 15 is 0 Å². The Morgan fingerprint density at radius 2 is 1.16 bits per heavy atom. The van der Waals surface area contributed by atoms with Crippen LogP contribution in [0.25, 0.3) is 0 Å². The molecule has 2 aromatic rings. The molecule has 82 heavy (non-hydrogen) atoms. The summed E-state index contributed by atoms with van der Waals surface area (Å²) in [4.78, 5) is 145. The summed E-state index contributed by atoms with van der Waals surface area (Å²) in [5.41, 5.74) is 11.8. The molecule has 18 N–H and O–H groups in total. The van der Waals surface area contributed by atoms with E-state index in [-0.39, 0.29) is 55.9 Å². The quantitative estimate of drug-likeness (QED) is 0.0316. The first-order valence-electron chi connectivity index (χ1n) is 26.9. The van der Waals surface area contributed by atoms with Crippen LogP contribution < -0.4 is 64.6 Å². The maximum absolute atomic E-state index is 15.0. The van der Waals surface area contributed by atoms with Gasteiger partial charge in [-0.05, 0) is 55.2 Å². The van der Waals surface area contributed by atoms with Gasteiger partial charge in [-0.1, -0.05) is 108 Å². The normalized spacial score (nSPS) is 24.5. The number of ether oxygens (including phenoxy) is 1. The zero-order valence-corrected chi connectivity index (χ0v) is 48.5. The molecular formula is C53H83N13O15Si. The fraction of sp³-hybridized carbons (Fsp3) is 0.566. The van der Waals surface area contributed by atoms with Crippen LogP contribution in [0, 0.1) is 11.8 Å². The lowest BCUT2D eigenvalue weighted by atomic mass is 9.95. The molecule has 0 spiro atoms. The molecule has 454 valence electrons. The number of carbonyl (C=O) groups is 10. The van der Waals surface area contributed by atoms with Gasteiger partial charge >= 0.3 is 6.09 Å². The summed E-state index contributed by atoms with van der Waals surface area (Å²) in [5.74, 6) is -11.0. The first kappa shape index (κ1) is 68.5. The molecule has 1 saturated heterocycles. The molecule has 0 aliphatic carbocycles. The second-order valence-corrected chi connectivity index (χ2v) is 27.3. The van der Waals surface area contributed by atoms with Crippen LogP contribution in [0.2, 0.25) is 25.7 Å². The highest BCUT2D eigenvalue weighted by molar-refractivity contribution is 6.76. The minimum atomic E-state index is -2.33. The van der Waals surface area contributed by atoms with Crippen LogP contribution in [0.4, 0.5) is 4.79 Å². The number of guanidine groups is 1. The van der Waals surface area contributed by atoms with Gasteiger partial charge in [-0.2, -0.15) is 0 Å². The molecule has 11 atom stereocenters. The molecule has 1 unspecified atom stereocenters. The Bertz CT molecular complexity index is 2520. The molecule has 0 bridgehead atoms. The van der Waals surface area contributed by atoms with E-state index in [1.54, 1.807) is 50.2 Å². The summed E-state index contributed by atoms with van der Waals surface area (Å²) in [7, 11) is -2.33. The molecule has 3 rings (SSSR count). The maximum atomic E-state index is 15.0. The van der Waals surface area contributed by atoms with E-state index in [2.05, 4.69) is 58.2 Å². The number of amides is 10. The smallest absolute Gasteiger partial charge is 0.408 e. The van der Waals surface area contributed by atoms with Crippen LogP contribution >= 0.6 is 0 Å². The maximum Gasteiger partial charge on any atom is 0.408 e. The molecule has 28 nitrogen and oxygen atoms in total. The van der Waals surface area contributed by atoms with Crippen molar-refractivity contribution < 1.29 is 73.1 Å². The number of carbonyl (C=O) groups excluding carboxylic acids is 10. The summed E-state index contributed by atoms with van der Waals surface area (Å²) < 4.78 is 5.47. The third-order valence-electron chi connectivity index (χ3n) is 12.7. The van der Waals surface area contributed by atoms with E-state index in [1.807, 2.05) is 19.6 Å². The number of aliphatic imine (C=N–C) groups is 1. The van der Waals surface area contributed by atoms with Crippen LogP contribution in [0.1, 0.15) is 71.0 Å². The van der Waals surface area contributed by atoms with Gasteiger partial charge in [0.15, 0.2) is 5.96 Å². The second kappa shape index (κ2) is 33.3. The van der Waals surface area contributed by atoms with Crippen LogP contribution in [0.3, 0.4) is 0 Å².